The quantitative estimate of drug-likeness (QED) is 0.813. The Labute approximate surface area is 104 Å². The highest BCUT2D eigenvalue weighted by Crippen LogP contribution is 2.19. The van der Waals surface area contributed by atoms with Gasteiger partial charge in [0.25, 0.3) is 0 Å². The molecule has 4 nitrogen and oxygen atoms in total. The smallest absolute Gasteiger partial charge is 0.245 e. The zero-order chi connectivity index (χ0) is 13.0. The minimum atomic E-state index is -0.381. The molecule has 2 amide bonds. The van der Waals surface area contributed by atoms with E-state index >= 15 is 0 Å². The van der Waals surface area contributed by atoms with Crippen molar-refractivity contribution >= 4 is 11.8 Å². The van der Waals surface area contributed by atoms with Gasteiger partial charge < -0.3 is 10.2 Å². The van der Waals surface area contributed by atoms with Gasteiger partial charge in [-0.15, -0.1) is 0 Å². The van der Waals surface area contributed by atoms with Crippen LogP contribution in [0.3, 0.4) is 0 Å². The molecule has 0 saturated carbocycles. The summed E-state index contributed by atoms with van der Waals surface area (Å²) in [4.78, 5) is 25.5. The summed E-state index contributed by atoms with van der Waals surface area (Å²) in [7, 11) is 0. The van der Waals surface area contributed by atoms with E-state index in [-0.39, 0.29) is 23.8 Å². The van der Waals surface area contributed by atoms with Gasteiger partial charge >= 0.3 is 0 Å². The Morgan fingerprint density at radius 2 is 1.94 bits per heavy atom. The van der Waals surface area contributed by atoms with E-state index in [4.69, 9.17) is 0 Å². The maximum Gasteiger partial charge on any atom is 0.245 e. The van der Waals surface area contributed by atoms with Gasteiger partial charge in [-0.1, -0.05) is 13.8 Å². The van der Waals surface area contributed by atoms with E-state index in [0.29, 0.717) is 6.04 Å². The SMILES string of the molecule is CC(=O)NC(C(=O)N1CCCCC1C)C(C)C. The average Bonchev–Trinajstić information content (AvgIpc) is 2.25. The molecular formula is C13H24N2O2. The summed E-state index contributed by atoms with van der Waals surface area (Å²) in [6, 6.07) is -0.0840. The number of nitrogens with zero attached hydrogens (tertiary/aromatic N) is 1. The van der Waals surface area contributed by atoms with Crippen LogP contribution in [-0.4, -0.2) is 35.3 Å². The Hall–Kier alpha value is -1.06. The van der Waals surface area contributed by atoms with Crippen LogP contribution in [0.4, 0.5) is 0 Å². The molecular weight excluding hydrogens is 216 g/mol. The average molecular weight is 240 g/mol. The topological polar surface area (TPSA) is 49.4 Å². The number of carbonyl (C=O) groups is 2. The highest BCUT2D eigenvalue weighted by molar-refractivity contribution is 5.87. The van der Waals surface area contributed by atoms with E-state index in [2.05, 4.69) is 12.2 Å². The Morgan fingerprint density at radius 1 is 1.29 bits per heavy atom. The molecule has 0 aromatic heterocycles. The van der Waals surface area contributed by atoms with E-state index in [9.17, 15) is 9.59 Å². The van der Waals surface area contributed by atoms with Gasteiger partial charge in [0.1, 0.15) is 6.04 Å². The fraction of sp³-hybridized carbons (Fsp3) is 0.846. The van der Waals surface area contributed by atoms with Crippen molar-refractivity contribution in [1.82, 2.24) is 10.2 Å². The molecule has 2 atom stereocenters. The third-order valence-electron chi connectivity index (χ3n) is 3.38. The summed E-state index contributed by atoms with van der Waals surface area (Å²) in [5.41, 5.74) is 0. The Balaban J connectivity index is 2.72. The van der Waals surface area contributed by atoms with Crippen molar-refractivity contribution < 1.29 is 9.59 Å². The number of hydrogen-bond acceptors (Lipinski definition) is 2. The van der Waals surface area contributed by atoms with Crippen LogP contribution in [0.15, 0.2) is 0 Å². The third kappa shape index (κ3) is 3.72. The van der Waals surface area contributed by atoms with E-state index in [1.807, 2.05) is 18.7 Å². The van der Waals surface area contributed by atoms with Crippen LogP contribution in [0.5, 0.6) is 0 Å². The minimum absolute atomic E-state index is 0.0717. The summed E-state index contributed by atoms with van der Waals surface area (Å²) >= 11 is 0. The van der Waals surface area contributed by atoms with Gasteiger partial charge in [-0.25, -0.2) is 0 Å². The van der Waals surface area contributed by atoms with E-state index < -0.39 is 0 Å². The van der Waals surface area contributed by atoms with Gasteiger partial charge in [0.05, 0.1) is 0 Å². The Morgan fingerprint density at radius 3 is 2.41 bits per heavy atom. The molecule has 4 heteroatoms. The van der Waals surface area contributed by atoms with Gasteiger partial charge in [0, 0.05) is 19.5 Å². The highest BCUT2D eigenvalue weighted by atomic mass is 16.2. The lowest BCUT2D eigenvalue weighted by molar-refractivity contribution is -0.140. The van der Waals surface area contributed by atoms with Gasteiger partial charge in [-0.3, -0.25) is 9.59 Å². The summed E-state index contributed by atoms with van der Waals surface area (Å²) in [6.07, 6.45) is 3.33. The van der Waals surface area contributed by atoms with Crippen LogP contribution in [0.1, 0.15) is 47.0 Å². The zero-order valence-corrected chi connectivity index (χ0v) is 11.3. The maximum atomic E-state index is 12.4. The van der Waals surface area contributed by atoms with Crippen molar-refractivity contribution in [2.24, 2.45) is 5.92 Å². The van der Waals surface area contributed by atoms with Crippen molar-refractivity contribution in [2.45, 2.75) is 59.0 Å². The maximum absolute atomic E-state index is 12.4. The normalized spacial score (nSPS) is 22.4. The molecule has 0 radical (unpaired) electrons. The molecule has 0 spiro atoms. The van der Waals surface area contributed by atoms with Crippen LogP contribution in [0, 0.1) is 5.92 Å². The van der Waals surface area contributed by atoms with E-state index in [1.165, 1.54) is 13.3 Å². The van der Waals surface area contributed by atoms with E-state index in [0.717, 1.165) is 19.4 Å². The van der Waals surface area contributed by atoms with Crippen LogP contribution >= 0.6 is 0 Å². The molecule has 1 aliphatic rings. The lowest BCUT2D eigenvalue weighted by atomic mass is 9.98. The van der Waals surface area contributed by atoms with Crippen molar-refractivity contribution in [2.75, 3.05) is 6.54 Å². The lowest BCUT2D eigenvalue weighted by Gasteiger charge is -2.37. The molecule has 0 aromatic carbocycles. The van der Waals surface area contributed by atoms with Gasteiger partial charge in [-0.2, -0.15) is 0 Å². The number of nitrogens with one attached hydrogen (secondary N) is 1. The molecule has 0 bridgehead atoms. The molecule has 17 heavy (non-hydrogen) atoms. The first-order chi connectivity index (χ1) is 7.93. The van der Waals surface area contributed by atoms with Gasteiger partial charge in [0.2, 0.25) is 11.8 Å². The van der Waals surface area contributed by atoms with Gasteiger partial charge in [-0.05, 0) is 32.1 Å². The molecule has 1 saturated heterocycles. The number of piperidine rings is 1. The summed E-state index contributed by atoms with van der Waals surface area (Å²) < 4.78 is 0. The molecule has 98 valence electrons. The molecule has 1 N–H and O–H groups in total. The summed E-state index contributed by atoms with van der Waals surface area (Å²) in [6.45, 7) is 8.30. The summed E-state index contributed by atoms with van der Waals surface area (Å²) in [5.74, 6) is 0.0599. The van der Waals surface area contributed by atoms with Crippen LogP contribution in [-0.2, 0) is 9.59 Å². The monoisotopic (exact) mass is 240 g/mol. The molecule has 0 aromatic rings. The van der Waals surface area contributed by atoms with Crippen molar-refractivity contribution in [1.29, 1.82) is 0 Å². The van der Waals surface area contributed by atoms with E-state index in [1.54, 1.807) is 0 Å². The standard InChI is InChI=1S/C13H24N2O2/c1-9(2)12(14-11(4)16)13(17)15-8-6-5-7-10(15)3/h9-10,12H,5-8H2,1-4H3,(H,14,16). The first-order valence-electron chi connectivity index (χ1n) is 6.51. The summed E-state index contributed by atoms with van der Waals surface area (Å²) in [5, 5.41) is 2.77. The fourth-order valence-electron chi connectivity index (χ4n) is 2.34. The van der Waals surface area contributed by atoms with Crippen LogP contribution < -0.4 is 5.32 Å². The molecule has 1 fully saturated rings. The van der Waals surface area contributed by atoms with Crippen LogP contribution in [0.2, 0.25) is 0 Å². The Kier molecular flexibility index (Phi) is 4.97. The number of carbonyl (C=O) groups excluding carboxylic acids is 2. The largest absolute Gasteiger partial charge is 0.344 e. The second-order valence-electron chi connectivity index (χ2n) is 5.30. The Bertz CT molecular complexity index is 289. The van der Waals surface area contributed by atoms with Crippen LogP contribution in [0.25, 0.3) is 0 Å². The molecule has 1 aliphatic heterocycles. The second-order valence-corrected chi connectivity index (χ2v) is 5.30. The first-order valence-corrected chi connectivity index (χ1v) is 6.51. The molecule has 1 heterocycles. The number of amides is 2. The third-order valence-corrected chi connectivity index (χ3v) is 3.38. The minimum Gasteiger partial charge on any atom is -0.344 e. The lowest BCUT2D eigenvalue weighted by Crippen LogP contribution is -2.54. The second kappa shape index (κ2) is 6.03. The predicted molar refractivity (Wildman–Crippen MR) is 67.5 cm³/mol. The van der Waals surface area contributed by atoms with Crippen molar-refractivity contribution in [3.63, 3.8) is 0 Å². The number of likely N-dealkylation sites (tertiary alicyclic amines) is 1. The molecule has 0 aliphatic carbocycles. The fourth-order valence-corrected chi connectivity index (χ4v) is 2.34. The van der Waals surface area contributed by atoms with Gasteiger partial charge in [0.15, 0.2) is 0 Å². The highest BCUT2D eigenvalue weighted by Gasteiger charge is 2.31. The predicted octanol–water partition coefficient (Wildman–Crippen LogP) is 1.55. The molecule has 1 rings (SSSR count). The van der Waals surface area contributed by atoms with Crippen molar-refractivity contribution in [3.05, 3.63) is 0 Å². The number of rotatable bonds is 3. The number of hydrogen-bond donors (Lipinski definition) is 1. The zero-order valence-electron chi connectivity index (χ0n) is 11.3. The van der Waals surface area contributed by atoms with Crippen molar-refractivity contribution in [3.8, 4) is 0 Å². The first kappa shape index (κ1) is 14.0. The molecule has 2 unspecified atom stereocenters.